The zero-order valence-electron chi connectivity index (χ0n) is 14.8. The minimum Gasteiger partial charge on any atom is -0.382 e. The van der Waals surface area contributed by atoms with Crippen LogP contribution in [-0.4, -0.2) is 40.4 Å². The monoisotopic (exact) mass is 350 g/mol. The molecular weight excluding hydrogens is 328 g/mol. The average Bonchev–Trinajstić information content (AvgIpc) is 3.15. The molecule has 0 atom stereocenters. The van der Waals surface area contributed by atoms with E-state index in [0.29, 0.717) is 31.0 Å². The van der Waals surface area contributed by atoms with Gasteiger partial charge in [0.2, 0.25) is 0 Å². The van der Waals surface area contributed by atoms with Crippen LogP contribution < -0.4 is 5.32 Å². The lowest BCUT2D eigenvalue weighted by atomic mass is 10.1. The number of hydrogen-bond acceptors (Lipinski definition) is 4. The largest absolute Gasteiger partial charge is 0.382 e. The Kier molecular flexibility index (Phi) is 6.11. The number of ether oxygens (including phenoxy) is 1. The highest BCUT2D eigenvalue weighted by molar-refractivity contribution is 5.99. The molecule has 3 aromatic rings. The molecule has 0 radical (unpaired) electrons. The molecule has 0 saturated carbocycles. The van der Waals surface area contributed by atoms with Gasteiger partial charge in [-0.15, -0.1) is 0 Å². The quantitative estimate of drug-likeness (QED) is 0.634. The van der Waals surface area contributed by atoms with Crippen molar-refractivity contribution in [2.45, 2.75) is 13.3 Å². The molecule has 0 unspecified atom stereocenters. The maximum absolute atomic E-state index is 12.7. The second kappa shape index (κ2) is 8.92. The number of aromatic nitrogens is 3. The van der Waals surface area contributed by atoms with E-state index in [9.17, 15) is 4.79 Å². The predicted octanol–water partition coefficient (Wildman–Crippen LogP) is 3.09. The second-order valence-electron chi connectivity index (χ2n) is 5.72. The molecule has 0 bridgehead atoms. The zero-order chi connectivity index (χ0) is 18.2. The summed E-state index contributed by atoms with van der Waals surface area (Å²) in [5, 5.41) is 7.56. The summed E-state index contributed by atoms with van der Waals surface area (Å²) in [5.41, 5.74) is 2.84. The fourth-order valence-electron chi connectivity index (χ4n) is 2.58. The van der Waals surface area contributed by atoms with E-state index in [2.05, 4.69) is 15.4 Å². The van der Waals surface area contributed by atoms with E-state index in [1.165, 1.54) is 0 Å². The first-order chi connectivity index (χ1) is 12.8. The fourth-order valence-corrected chi connectivity index (χ4v) is 2.58. The normalized spacial score (nSPS) is 10.7. The summed E-state index contributed by atoms with van der Waals surface area (Å²) in [6.45, 7) is 3.83. The molecule has 6 heteroatoms. The van der Waals surface area contributed by atoms with Crippen LogP contribution in [0.1, 0.15) is 23.7 Å². The molecule has 1 N–H and O–H groups in total. The van der Waals surface area contributed by atoms with Gasteiger partial charge in [0.15, 0.2) is 0 Å². The number of amides is 1. The van der Waals surface area contributed by atoms with Crippen LogP contribution in [0.5, 0.6) is 0 Å². The van der Waals surface area contributed by atoms with Gasteiger partial charge in [0.1, 0.15) is 5.69 Å². The summed E-state index contributed by atoms with van der Waals surface area (Å²) in [6.07, 6.45) is 5.94. The lowest BCUT2D eigenvalue weighted by Gasteiger charge is -2.05. The summed E-state index contributed by atoms with van der Waals surface area (Å²) < 4.78 is 7.02. The van der Waals surface area contributed by atoms with Gasteiger partial charge in [0.05, 0.1) is 11.3 Å². The maximum atomic E-state index is 12.7. The van der Waals surface area contributed by atoms with Gasteiger partial charge in [0, 0.05) is 43.9 Å². The number of para-hydroxylation sites is 1. The molecule has 2 aromatic heterocycles. The molecule has 26 heavy (non-hydrogen) atoms. The van der Waals surface area contributed by atoms with Gasteiger partial charge in [-0.3, -0.25) is 9.78 Å². The van der Waals surface area contributed by atoms with Crippen LogP contribution in [0, 0.1) is 0 Å². The highest BCUT2D eigenvalue weighted by Crippen LogP contribution is 2.23. The van der Waals surface area contributed by atoms with E-state index in [0.717, 1.165) is 17.7 Å². The third-order valence-corrected chi connectivity index (χ3v) is 3.87. The molecule has 0 spiro atoms. The van der Waals surface area contributed by atoms with Crippen LogP contribution in [0.2, 0.25) is 0 Å². The van der Waals surface area contributed by atoms with E-state index in [-0.39, 0.29) is 5.91 Å². The summed E-state index contributed by atoms with van der Waals surface area (Å²) in [5.74, 6) is -0.150. The summed E-state index contributed by atoms with van der Waals surface area (Å²) in [4.78, 5) is 16.8. The van der Waals surface area contributed by atoms with E-state index in [1.54, 1.807) is 23.3 Å². The van der Waals surface area contributed by atoms with Gasteiger partial charge in [-0.05, 0) is 37.6 Å². The van der Waals surface area contributed by atoms with Crippen LogP contribution >= 0.6 is 0 Å². The molecule has 134 valence electrons. The number of carbonyl (C=O) groups is 1. The van der Waals surface area contributed by atoms with Gasteiger partial charge in [-0.2, -0.15) is 5.10 Å². The Morgan fingerprint density at radius 2 is 2.04 bits per heavy atom. The van der Waals surface area contributed by atoms with E-state index in [1.807, 2.05) is 49.4 Å². The third-order valence-electron chi connectivity index (χ3n) is 3.87. The first-order valence-electron chi connectivity index (χ1n) is 8.71. The number of hydrogen-bond donors (Lipinski definition) is 1. The van der Waals surface area contributed by atoms with Crippen molar-refractivity contribution >= 4 is 5.91 Å². The molecular formula is C20H22N4O2. The lowest BCUT2D eigenvalue weighted by Crippen LogP contribution is -2.25. The zero-order valence-corrected chi connectivity index (χ0v) is 14.8. The second-order valence-corrected chi connectivity index (χ2v) is 5.72. The fraction of sp³-hybridized carbons (Fsp3) is 0.250. The molecule has 0 aliphatic heterocycles. The first-order valence-corrected chi connectivity index (χ1v) is 8.71. The van der Waals surface area contributed by atoms with Gasteiger partial charge in [-0.1, -0.05) is 18.2 Å². The summed E-state index contributed by atoms with van der Waals surface area (Å²) in [7, 11) is 0. The number of nitrogens with one attached hydrogen (secondary N) is 1. The number of nitrogens with zero attached hydrogens (tertiary/aromatic N) is 3. The smallest absolute Gasteiger partial charge is 0.255 e. The maximum Gasteiger partial charge on any atom is 0.255 e. The molecule has 3 rings (SSSR count). The summed E-state index contributed by atoms with van der Waals surface area (Å²) in [6, 6.07) is 13.5. The van der Waals surface area contributed by atoms with E-state index in [4.69, 9.17) is 4.74 Å². The van der Waals surface area contributed by atoms with Crippen LogP contribution in [0.15, 0.2) is 61.1 Å². The lowest BCUT2D eigenvalue weighted by molar-refractivity contribution is 0.0945. The third kappa shape index (κ3) is 4.34. The Hall–Kier alpha value is -2.99. The average molecular weight is 350 g/mol. The minimum atomic E-state index is -0.150. The van der Waals surface area contributed by atoms with Crippen molar-refractivity contribution in [3.8, 4) is 16.9 Å². The molecule has 6 nitrogen and oxygen atoms in total. The van der Waals surface area contributed by atoms with E-state index < -0.39 is 0 Å². The van der Waals surface area contributed by atoms with Crippen LogP contribution in [-0.2, 0) is 4.74 Å². The number of benzene rings is 1. The van der Waals surface area contributed by atoms with Crippen LogP contribution in [0.25, 0.3) is 16.9 Å². The molecule has 2 heterocycles. The molecule has 1 amide bonds. The molecule has 1 aromatic carbocycles. The number of pyridine rings is 1. The van der Waals surface area contributed by atoms with Gasteiger partial charge in [-0.25, -0.2) is 4.68 Å². The Morgan fingerprint density at radius 3 is 2.77 bits per heavy atom. The van der Waals surface area contributed by atoms with Crippen molar-refractivity contribution in [1.29, 1.82) is 0 Å². The highest BCUT2D eigenvalue weighted by atomic mass is 16.5. The topological polar surface area (TPSA) is 69.0 Å². The van der Waals surface area contributed by atoms with Crippen molar-refractivity contribution < 1.29 is 9.53 Å². The standard InChI is InChI=1S/C20H22N4O2/c1-2-26-13-7-12-22-20(25)18-15-24(17-9-4-3-5-10-17)23-19(18)16-8-6-11-21-14-16/h3-6,8-11,14-15H,2,7,12-13H2,1H3,(H,22,25). The van der Waals surface area contributed by atoms with Crippen LogP contribution in [0.3, 0.4) is 0 Å². The minimum absolute atomic E-state index is 0.150. The van der Waals surface area contributed by atoms with Crippen molar-refractivity contribution in [3.05, 3.63) is 66.6 Å². The number of rotatable bonds is 8. The number of carbonyl (C=O) groups excluding carboxylic acids is 1. The predicted molar refractivity (Wildman–Crippen MR) is 100 cm³/mol. The first kappa shape index (κ1) is 17.8. The van der Waals surface area contributed by atoms with Crippen molar-refractivity contribution in [1.82, 2.24) is 20.1 Å². The van der Waals surface area contributed by atoms with Gasteiger partial charge < -0.3 is 10.1 Å². The molecule has 0 aliphatic rings. The SMILES string of the molecule is CCOCCCNC(=O)c1cn(-c2ccccc2)nc1-c1cccnc1. The van der Waals surface area contributed by atoms with Crippen molar-refractivity contribution in [2.24, 2.45) is 0 Å². The summed E-state index contributed by atoms with van der Waals surface area (Å²) >= 11 is 0. The highest BCUT2D eigenvalue weighted by Gasteiger charge is 2.18. The van der Waals surface area contributed by atoms with E-state index >= 15 is 0 Å². The Bertz CT molecular complexity index is 832. The van der Waals surface area contributed by atoms with Crippen LogP contribution in [0.4, 0.5) is 0 Å². The molecule has 0 fully saturated rings. The van der Waals surface area contributed by atoms with Crippen molar-refractivity contribution in [3.63, 3.8) is 0 Å². The molecule has 0 saturated heterocycles. The Labute approximate surface area is 152 Å². The Morgan fingerprint density at radius 1 is 1.19 bits per heavy atom. The molecule has 0 aliphatic carbocycles. The van der Waals surface area contributed by atoms with Crippen molar-refractivity contribution in [2.75, 3.05) is 19.8 Å². The van der Waals surface area contributed by atoms with Gasteiger partial charge in [0.25, 0.3) is 5.91 Å². The van der Waals surface area contributed by atoms with Gasteiger partial charge >= 0.3 is 0 Å². The Balaban J connectivity index is 1.85.